The Labute approximate surface area is 124 Å². The maximum Gasteiger partial charge on any atom is 0.272 e. The van der Waals surface area contributed by atoms with Crippen molar-refractivity contribution in [3.8, 4) is 0 Å². The fourth-order valence-corrected chi connectivity index (χ4v) is 2.50. The predicted octanol–water partition coefficient (Wildman–Crippen LogP) is 4.54. The number of aromatic amines is 1. The maximum absolute atomic E-state index is 12.4. The second kappa shape index (κ2) is 5.44. The lowest BCUT2D eigenvalue weighted by Crippen LogP contribution is -2.13. The standard InChI is InChI=1S/C18H18N2O/c1-12(2)14-8-4-6-10-16(14)20-18(21)17-11-13-7-3-5-9-15(13)19-17/h3-12,19H,1-2H3,(H,20,21). The molecule has 0 fully saturated rings. The van der Waals surface area contributed by atoms with Crippen molar-refractivity contribution in [1.29, 1.82) is 0 Å². The van der Waals surface area contributed by atoms with Gasteiger partial charge in [-0.1, -0.05) is 50.2 Å². The molecular formula is C18H18N2O. The van der Waals surface area contributed by atoms with Gasteiger partial charge in [0.1, 0.15) is 5.69 Å². The van der Waals surface area contributed by atoms with E-state index in [0.717, 1.165) is 22.2 Å². The normalized spacial score (nSPS) is 11.0. The topological polar surface area (TPSA) is 44.9 Å². The lowest BCUT2D eigenvalue weighted by Gasteiger charge is -2.13. The van der Waals surface area contributed by atoms with Gasteiger partial charge in [0.05, 0.1) is 0 Å². The van der Waals surface area contributed by atoms with Crippen molar-refractivity contribution in [2.24, 2.45) is 0 Å². The maximum atomic E-state index is 12.4. The fourth-order valence-electron chi connectivity index (χ4n) is 2.50. The van der Waals surface area contributed by atoms with Crippen LogP contribution in [-0.4, -0.2) is 10.9 Å². The van der Waals surface area contributed by atoms with Gasteiger partial charge in [-0.25, -0.2) is 0 Å². The van der Waals surface area contributed by atoms with E-state index in [-0.39, 0.29) is 5.91 Å². The molecule has 21 heavy (non-hydrogen) atoms. The molecule has 1 aromatic heterocycles. The molecule has 0 unspecified atom stereocenters. The summed E-state index contributed by atoms with van der Waals surface area (Å²) < 4.78 is 0. The van der Waals surface area contributed by atoms with Crippen molar-refractivity contribution in [1.82, 2.24) is 4.98 Å². The Morgan fingerprint density at radius 2 is 1.76 bits per heavy atom. The molecule has 2 aromatic carbocycles. The first kappa shape index (κ1) is 13.4. The average Bonchev–Trinajstić information content (AvgIpc) is 2.91. The molecule has 3 aromatic rings. The minimum atomic E-state index is -0.112. The van der Waals surface area contributed by atoms with Gasteiger partial charge in [0.15, 0.2) is 0 Å². The van der Waals surface area contributed by atoms with E-state index in [0.29, 0.717) is 11.6 Å². The molecule has 0 saturated carbocycles. The molecule has 2 N–H and O–H groups in total. The molecule has 3 nitrogen and oxygen atoms in total. The minimum absolute atomic E-state index is 0.112. The molecule has 0 aliphatic heterocycles. The lowest BCUT2D eigenvalue weighted by atomic mass is 10.0. The highest BCUT2D eigenvalue weighted by molar-refractivity contribution is 6.06. The van der Waals surface area contributed by atoms with Crippen LogP contribution in [0.4, 0.5) is 5.69 Å². The number of amides is 1. The highest BCUT2D eigenvalue weighted by Gasteiger charge is 2.12. The summed E-state index contributed by atoms with van der Waals surface area (Å²) in [4.78, 5) is 15.6. The van der Waals surface area contributed by atoms with Crippen LogP contribution in [0.2, 0.25) is 0 Å². The monoisotopic (exact) mass is 278 g/mol. The van der Waals surface area contributed by atoms with Crippen LogP contribution >= 0.6 is 0 Å². The Balaban J connectivity index is 1.89. The van der Waals surface area contributed by atoms with Crippen LogP contribution in [-0.2, 0) is 0 Å². The summed E-state index contributed by atoms with van der Waals surface area (Å²) in [6.07, 6.45) is 0. The van der Waals surface area contributed by atoms with Crippen molar-refractivity contribution in [2.45, 2.75) is 19.8 Å². The van der Waals surface area contributed by atoms with Crippen molar-refractivity contribution >= 4 is 22.5 Å². The molecule has 0 aliphatic carbocycles. The van der Waals surface area contributed by atoms with Gasteiger partial charge >= 0.3 is 0 Å². The number of carbonyl (C=O) groups excluding carboxylic acids is 1. The van der Waals surface area contributed by atoms with Crippen molar-refractivity contribution in [2.75, 3.05) is 5.32 Å². The molecule has 0 saturated heterocycles. The molecular weight excluding hydrogens is 260 g/mol. The molecule has 3 rings (SSSR count). The fraction of sp³-hybridized carbons (Fsp3) is 0.167. The smallest absolute Gasteiger partial charge is 0.272 e. The number of nitrogens with one attached hydrogen (secondary N) is 2. The SMILES string of the molecule is CC(C)c1ccccc1NC(=O)c1cc2ccccc2[nH]1. The van der Waals surface area contributed by atoms with Crippen LogP contribution < -0.4 is 5.32 Å². The number of anilines is 1. The van der Waals surface area contributed by atoms with Crippen LogP contribution in [0.3, 0.4) is 0 Å². The third-order valence-corrected chi connectivity index (χ3v) is 3.61. The first-order valence-corrected chi connectivity index (χ1v) is 7.13. The zero-order valence-corrected chi connectivity index (χ0v) is 12.2. The van der Waals surface area contributed by atoms with Gasteiger partial charge in [0, 0.05) is 16.6 Å². The Hall–Kier alpha value is -2.55. The molecule has 0 radical (unpaired) electrons. The van der Waals surface area contributed by atoms with E-state index in [9.17, 15) is 4.79 Å². The van der Waals surface area contributed by atoms with E-state index in [1.807, 2.05) is 54.6 Å². The summed E-state index contributed by atoms with van der Waals surface area (Å²) in [7, 11) is 0. The van der Waals surface area contributed by atoms with Gasteiger partial charge in [-0.05, 0) is 29.7 Å². The second-order valence-electron chi connectivity index (χ2n) is 5.47. The number of para-hydroxylation sites is 2. The second-order valence-corrected chi connectivity index (χ2v) is 5.47. The first-order valence-electron chi connectivity index (χ1n) is 7.13. The summed E-state index contributed by atoms with van der Waals surface area (Å²) in [5, 5.41) is 4.04. The number of fused-ring (bicyclic) bond motifs is 1. The number of rotatable bonds is 3. The van der Waals surface area contributed by atoms with E-state index >= 15 is 0 Å². The largest absolute Gasteiger partial charge is 0.351 e. The van der Waals surface area contributed by atoms with Crippen LogP contribution in [0.5, 0.6) is 0 Å². The first-order chi connectivity index (χ1) is 10.1. The number of benzene rings is 2. The van der Waals surface area contributed by atoms with Crippen molar-refractivity contribution in [3.63, 3.8) is 0 Å². The Bertz CT molecular complexity index is 754. The van der Waals surface area contributed by atoms with Crippen LogP contribution in [0, 0.1) is 0 Å². The van der Waals surface area contributed by atoms with Gasteiger partial charge in [-0.2, -0.15) is 0 Å². The van der Waals surface area contributed by atoms with Crippen molar-refractivity contribution in [3.05, 3.63) is 65.9 Å². The Morgan fingerprint density at radius 3 is 2.52 bits per heavy atom. The molecule has 1 heterocycles. The molecule has 3 heteroatoms. The molecule has 0 atom stereocenters. The Morgan fingerprint density at radius 1 is 1.05 bits per heavy atom. The van der Waals surface area contributed by atoms with Crippen LogP contribution in [0.15, 0.2) is 54.6 Å². The summed E-state index contributed by atoms with van der Waals surface area (Å²) in [5.74, 6) is 0.253. The van der Waals surface area contributed by atoms with E-state index in [1.165, 1.54) is 0 Å². The van der Waals surface area contributed by atoms with Crippen LogP contribution in [0.25, 0.3) is 10.9 Å². The van der Waals surface area contributed by atoms with Crippen LogP contribution in [0.1, 0.15) is 35.8 Å². The molecule has 0 bridgehead atoms. The number of carbonyl (C=O) groups is 1. The Kier molecular flexibility index (Phi) is 3.48. The lowest BCUT2D eigenvalue weighted by molar-refractivity contribution is 0.102. The predicted molar refractivity (Wildman–Crippen MR) is 86.8 cm³/mol. The number of hydrogen-bond acceptors (Lipinski definition) is 1. The third kappa shape index (κ3) is 2.68. The number of aromatic nitrogens is 1. The van der Waals surface area contributed by atoms with Gasteiger partial charge < -0.3 is 10.3 Å². The third-order valence-electron chi connectivity index (χ3n) is 3.61. The minimum Gasteiger partial charge on any atom is -0.351 e. The molecule has 106 valence electrons. The van der Waals surface area contributed by atoms with E-state index in [2.05, 4.69) is 24.1 Å². The molecule has 0 aliphatic rings. The van der Waals surface area contributed by atoms with Gasteiger partial charge in [0.2, 0.25) is 0 Å². The van der Waals surface area contributed by atoms with Crippen molar-refractivity contribution < 1.29 is 4.79 Å². The molecule has 0 spiro atoms. The highest BCUT2D eigenvalue weighted by atomic mass is 16.1. The van der Waals surface area contributed by atoms with E-state index < -0.39 is 0 Å². The van der Waals surface area contributed by atoms with Gasteiger partial charge in [-0.15, -0.1) is 0 Å². The summed E-state index contributed by atoms with van der Waals surface area (Å²) in [6.45, 7) is 4.24. The van der Waals surface area contributed by atoms with Gasteiger partial charge in [-0.3, -0.25) is 4.79 Å². The summed E-state index contributed by atoms with van der Waals surface area (Å²) >= 11 is 0. The molecule has 1 amide bonds. The summed E-state index contributed by atoms with van der Waals surface area (Å²) in [6, 6.07) is 17.7. The van der Waals surface area contributed by atoms with E-state index in [1.54, 1.807) is 0 Å². The average molecular weight is 278 g/mol. The van der Waals surface area contributed by atoms with E-state index in [4.69, 9.17) is 0 Å². The highest BCUT2D eigenvalue weighted by Crippen LogP contribution is 2.24. The zero-order valence-electron chi connectivity index (χ0n) is 12.2. The van der Waals surface area contributed by atoms with Gasteiger partial charge in [0.25, 0.3) is 5.91 Å². The summed E-state index contributed by atoms with van der Waals surface area (Å²) in [5.41, 5.74) is 3.56. The number of H-pyrrole nitrogens is 1. The number of hydrogen-bond donors (Lipinski definition) is 2. The quantitative estimate of drug-likeness (QED) is 0.725. The zero-order chi connectivity index (χ0) is 14.8.